The Bertz CT molecular complexity index is 1120. The van der Waals surface area contributed by atoms with Crippen molar-refractivity contribution in [3.05, 3.63) is 77.8 Å². The van der Waals surface area contributed by atoms with Crippen LogP contribution in [0.5, 0.6) is 17.2 Å². The second-order valence-corrected chi connectivity index (χ2v) is 7.71. The standard InChI is InChI=1S/C25H23ClN2O5/c26-20-9-4-5-10-22(20)32-16-24(29)27-18-11-12-21-23(15-18)33-17-25(30)28(21)13-6-14-31-19-7-2-1-3-8-19/h1-5,7-12,15H,6,13-14,16-17H2,(H,27,29). The van der Waals surface area contributed by atoms with Crippen LogP contribution in [-0.4, -0.2) is 38.2 Å². The summed E-state index contributed by atoms with van der Waals surface area (Å²) in [5.74, 6) is 1.31. The molecule has 0 radical (unpaired) electrons. The summed E-state index contributed by atoms with van der Waals surface area (Å²) >= 11 is 6.04. The molecule has 0 spiro atoms. The summed E-state index contributed by atoms with van der Waals surface area (Å²) in [5, 5.41) is 3.20. The third-order valence-electron chi connectivity index (χ3n) is 4.92. The number of amides is 2. The maximum absolute atomic E-state index is 12.4. The quantitative estimate of drug-likeness (QED) is 0.468. The molecule has 3 aromatic rings. The predicted molar refractivity (Wildman–Crippen MR) is 126 cm³/mol. The van der Waals surface area contributed by atoms with Gasteiger partial charge in [0.15, 0.2) is 13.2 Å². The first-order chi connectivity index (χ1) is 16.1. The molecule has 0 fully saturated rings. The molecule has 4 rings (SSSR count). The van der Waals surface area contributed by atoms with Gasteiger partial charge in [0.1, 0.15) is 17.2 Å². The molecule has 3 aromatic carbocycles. The Balaban J connectivity index is 1.32. The minimum Gasteiger partial charge on any atom is -0.494 e. The molecule has 1 N–H and O–H groups in total. The highest BCUT2D eigenvalue weighted by molar-refractivity contribution is 6.32. The maximum atomic E-state index is 12.4. The molecule has 0 saturated carbocycles. The summed E-state index contributed by atoms with van der Waals surface area (Å²) in [7, 11) is 0. The van der Waals surface area contributed by atoms with Crippen LogP contribution in [0.15, 0.2) is 72.8 Å². The Morgan fingerprint density at radius 3 is 2.64 bits per heavy atom. The van der Waals surface area contributed by atoms with Gasteiger partial charge >= 0.3 is 0 Å². The Morgan fingerprint density at radius 1 is 1.03 bits per heavy atom. The van der Waals surface area contributed by atoms with E-state index in [4.69, 9.17) is 25.8 Å². The lowest BCUT2D eigenvalue weighted by Gasteiger charge is -2.29. The highest BCUT2D eigenvalue weighted by Gasteiger charge is 2.25. The van der Waals surface area contributed by atoms with Crippen molar-refractivity contribution >= 4 is 34.8 Å². The minimum absolute atomic E-state index is 0.0560. The molecule has 0 unspecified atom stereocenters. The number of nitrogens with one attached hydrogen (secondary N) is 1. The molecule has 1 aliphatic rings. The van der Waals surface area contributed by atoms with Gasteiger partial charge in [-0.05, 0) is 42.8 Å². The van der Waals surface area contributed by atoms with Crippen LogP contribution in [0.3, 0.4) is 0 Å². The predicted octanol–water partition coefficient (Wildman–Crippen LogP) is 4.55. The smallest absolute Gasteiger partial charge is 0.265 e. The van der Waals surface area contributed by atoms with Crippen molar-refractivity contribution in [3.8, 4) is 17.2 Å². The Labute approximate surface area is 196 Å². The number of hydrogen-bond acceptors (Lipinski definition) is 5. The highest BCUT2D eigenvalue weighted by atomic mass is 35.5. The Morgan fingerprint density at radius 2 is 1.82 bits per heavy atom. The van der Waals surface area contributed by atoms with Gasteiger partial charge in [-0.2, -0.15) is 0 Å². The van der Waals surface area contributed by atoms with Gasteiger partial charge in [-0.25, -0.2) is 0 Å². The number of hydrogen-bond donors (Lipinski definition) is 1. The zero-order chi connectivity index (χ0) is 23.0. The van der Waals surface area contributed by atoms with Crippen LogP contribution in [0.2, 0.25) is 5.02 Å². The molecule has 33 heavy (non-hydrogen) atoms. The fraction of sp³-hybridized carbons (Fsp3) is 0.200. The number of fused-ring (bicyclic) bond motifs is 1. The van der Waals surface area contributed by atoms with Crippen LogP contribution in [0.25, 0.3) is 0 Å². The SMILES string of the molecule is O=C(COc1ccccc1Cl)Nc1ccc2c(c1)OCC(=O)N2CCCOc1ccccc1. The number of anilines is 2. The molecule has 1 aliphatic heterocycles. The molecule has 8 heteroatoms. The number of para-hydroxylation sites is 2. The molecule has 2 amide bonds. The van der Waals surface area contributed by atoms with E-state index in [0.717, 1.165) is 5.75 Å². The average molecular weight is 467 g/mol. The summed E-state index contributed by atoms with van der Waals surface area (Å²) in [5.41, 5.74) is 1.21. The molecule has 0 bridgehead atoms. The van der Waals surface area contributed by atoms with E-state index in [1.807, 2.05) is 30.3 Å². The summed E-state index contributed by atoms with van der Waals surface area (Å²) in [6.45, 7) is 0.746. The molecule has 0 aliphatic carbocycles. The summed E-state index contributed by atoms with van der Waals surface area (Å²) in [6.07, 6.45) is 0.665. The van der Waals surface area contributed by atoms with E-state index in [1.54, 1.807) is 47.4 Å². The molecule has 7 nitrogen and oxygen atoms in total. The van der Waals surface area contributed by atoms with Gasteiger partial charge in [0.2, 0.25) is 0 Å². The fourth-order valence-corrected chi connectivity index (χ4v) is 3.55. The minimum atomic E-state index is -0.336. The van der Waals surface area contributed by atoms with Crippen LogP contribution in [0.4, 0.5) is 11.4 Å². The third-order valence-corrected chi connectivity index (χ3v) is 5.23. The van der Waals surface area contributed by atoms with E-state index in [-0.39, 0.29) is 25.0 Å². The summed E-state index contributed by atoms with van der Waals surface area (Å²) in [6, 6.07) is 21.7. The Kier molecular flexibility index (Phi) is 7.32. The molecule has 0 saturated heterocycles. The first-order valence-corrected chi connectivity index (χ1v) is 10.9. The second kappa shape index (κ2) is 10.7. The molecule has 0 atom stereocenters. The number of benzene rings is 3. The van der Waals surface area contributed by atoms with Crippen molar-refractivity contribution in [2.75, 3.05) is 36.6 Å². The van der Waals surface area contributed by atoms with Crippen LogP contribution in [-0.2, 0) is 9.59 Å². The van der Waals surface area contributed by atoms with Crippen molar-refractivity contribution in [1.82, 2.24) is 0 Å². The number of rotatable bonds is 9. The van der Waals surface area contributed by atoms with E-state index in [2.05, 4.69) is 5.32 Å². The third kappa shape index (κ3) is 5.96. The van der Waals surface area contributed by atoms with Crippen molar-refractivity contribution in [2.45, 2.75) is 6.42 Å². The second-order valence-electron chi connectivity index (χ2n) is 7.30. The van der Waals surface area contributed by atoms with Gasteiger partial charge in [0.05, 0.1) is 17.3 Å². The van der Waals surface area contributed by atoms with Gasteiger partial charge in [-0.3, -0.25) is 9.59 Å². The van der Waals surface area contributed by atoms with Crippen LogP contribution in [0, 0.1) is 0 Å². The van der Waals surface area contributed by atoms with E-state index in [1.165, 1.54) is 0 Å². The van der Waals surface area contributed by atoms with Crippen molar-refractivity contribution < 1.29 is 23.8 Å². The average Bonchev–Trinajstić information content (AvgIpc) is 2.83. The van der Waals surface area contributed by atoms with Gasteiger partial charge in [0.25, 0.3) is 11.8 Å². The van der Waals surface area contributed by atoms with Crippen molar-refractivity contribution in [2.24, 2.45) is 0 Å². The normalized spacial score (nSPS) is 12.5. The van der Waals surface area contributed by atoms with Gasteiger partial charge in [-0.15, -0.1) is 0 Å². The lowest BCUT2D eigenvalue weighted by atomic mass is 10.2. The van der Waals surface area contributed by atoms with Crippen molar-refractivity contribution in [1.29, 1.82) is 0 Å². The molecule has 170 valence electrons. The summed E-state index contributed by atoms with van der Waals surface area (Å²) < 4.78 is 16.8. The number of halogens is 1. The molecular weight excluding hydrogens is 444 g/mol. The number of ether oxygens (including phenoxy) is 3. The number of carbonyl (C=O) groups excluding carboxylic acids is 2. The topological polar surface area (TPSA) is 77.1 Å². The van der Waals surface area contributed by atoms with Crippen LogP contribution < -0.4 is 24.4 Å². The molecular formula is C25H23ClN2O5. The van der Waals surface area contributed by atoms with E-state index in [9.17, 15) is 9.59 Å². The highest BCUT2D eigenvalue weighted by Crippen LogP contribution is 2.34. The van der Waals surface area contributed by atoms with E-state index in [0.29, 0.717) is 47.5 Å². The number of nitrogens with zero attached hydrogens (tertiary/aromatic N) is 1. The first kappa shape index (κ1) is 22.5. The number of carbonyl (C=O) groups is 2. The van der Waals surface area contributed by atoms with Crippen molar-refractivity contribution in [3.63, 3.8) is 0 Å². The lowest BCUT2D eigenvalue weighted by molar-refractivity contribution is -0.121. The zero-order valence-corrected chi connectivity index (χ0v) is 18.6. The maximum Gasteiger partial charge on any atom is 0.265 e. The molecule has 0 aromatic heterocycles. The largest absolute Gasteiger partial charge is 0.494 e. The molecule has 1 heterocycles. The first-order valence-electron chi connectivity index (χ1n) is 10.5. The van der Waals surface area contributed by atoms with Gasteiger partial charge in [0, 0.05) is 18.3 Å². The van der Waals surface area contributed by atoms with Gasteiger partial charge < -0.3 is 24.4 Å². The Hall–Kier alpha value is -3.71. The monoisotopic (exact) mass is 466 g/mol. The lowest BCUT2D eigenvalue weighted by Crippen LogP contribution is -2.39. The van der Waals surface area contributed by atoms with E-state index < -0.39 is 0 Å². The zero-order valence-electron chi connectivity index (χ0n) is 17.8. The van der Waals surface area contributed by atoms with E-state index >= 15 is 0 Å². The van der Waals surface area contributed by atoms with Gasteiger partial charge in [-0.1, -0.05) is 41.9 Å². The fourth-order valence-electron chi connectivity index (χ4n) is 3.36. The van der Waals surface area contributed by atoms with Crippen LogP contribution >= 0.6 is 11.6 Å². The summed E-state index contributed by atoms with van der Waals surface area (Å²) in [4.78, 5) is 26.3. The van der Waals surface area contributed by atoms with Crippen LogP contribution in [0.1, 0.15) is 6.42 Å².